The Morgan fingerprint density at radius 1 is 1.14 bits per heavy atom. The van der Waals surface area contributed by atoms with Crippen LogP contribution in [0.5, 0.6) is 0 Å². The maximum atomic E-state index is 12.6. The van der Waals surface area contributed by atoms with Crippen LogP contribution >= 0.6 is 0 Å². The molecule has 1 aromatic rings. The number of rotatable bonds is 5. The van der Waals surface area contributed by atoms with Crippen molar-refractivity contribution >= 4 is 21.8 Å². The Bertz CT molecular complexity index is 835. The second-order valence-electron chi connectivity index (χ2n) is 7.84. The Morgan fingerprint density at radius 2 is 1.86 bits per heavy atom. The summed E-state index contributed by atoms with van der Waals surface area (Å²) in [6.07, 6.45) is 4.40. The van der Waals surface area contributed by atoms with Crippen molar-refractivity contribution in [2.45, 2.75) is 18.8 Å². The lowest BCUT2D eigenvalue weighted by atomic mass is 9.94. The van der Waals surface area contributed by atoms with Gasteiger partial charge in [-0.2, -0.15) is 0 Å². The van der Waals surface area contributed by atoms with Crippen LogP contribution in [-0.4, -0.2) is 99.0 Å². The quantitative estimate of drug-likeness (QED) is 0.699. The van der Waals surface area contributed by atoms with Crippen LogP contribution in [0.1, 0.15) is 34.8 Å². The normalized spacial score (nSPS) is 21.2. The van der Waals surface area contributed by atoms with Crippen LogP contribution in [-0.2, 0) is 14.8 Å². The van der Waals surface area contributed by atoms with Crippen molar-refractivity contribution in [1.82, 2.24) is 24.4 Å². The molecule has 0 aromatic carbocycles. The first kappa shape index (κ1) is 21.7. The number of piperidine rings is 1. The Morgan fingerprint density at radius 3 is 2.48 bits per heavy atom. The van der Waals surface area contributed by atoms with Crippen molar-refractivity contribution in [2.75, 3.05) is 59.1 Å². The summed E-state index contributed by atoms with van der Waals surface area (Å²) >= 11 is 0. The lowest BCUT2D eigenvalue weighted by Gasteiger charge is -2.33. The number of piperazine rings is 1. The zero-order valence-corrected chi connectivity index (χ0v) is 17.8. The predicted molar refractivity (Wildman–Crippen MR) is 109 cm³/mol. The van der Waals surface area contributed by atoms with Gasteiger partial charge in [-0.05, 0) is 32.0 Å². The van der Waals surface area contributed by atoms with Gasteiger partial charge in [-0.15, -0.1) is 0 Å². The third-order valence-electron chi connectivity index (χ3n) is 5.50. The number of likely N-dealkylation sites (N-methyl/N-ethyl adjacent to an activating group) is 1. The summed E-state index contributed by atoms with van der Waals surface area (Å²) in [5.41, 5.74) is 1.44. The van der Waals surface area contributed by atoms with E-state index in [1.54, 1.807) is 11.1 Å². The van der Waals surface area contributed by atoms with Gasteiger partial charge >= 0.3 is 0 Å². The number of hydrogen-bond acceptors (Lipinski definition) is 6. The molecular weight excluding hydrogens is 394 g/mol. The third kappa shape index (κ3) is 5.97. The van der Waals surface area contributed by atoms with Crippen LogP contribution in [0.2, 0.25) is 0 Å². The van der Waals surface area contributed by atoms with E-state index in [0.717, 1.165) is 51.0 Å². The zero-order valence-electron chi connectivity index (χ0n) is 17.0. The first-order chi connectivity index (χ1) is 13.7. The number of pyridine rings is 1. The van der Waals surface area contributed by atoms with Crippen LogP contribution in [0.25, 0.3) is 0 Å². The van der Waals surface area contributed by atoms with E-state index in [4.69, 9.17) is 0 Å². The maximum absolute atomic E-state index is 12.6. The van der Waals surface area contributed by atoms with Gasteiger partial charge < -0.3 is 14.7 Å². The van der Waals surface area contributed by atoms with Gasteiger partial charge in [0.15, 0.2) is 0 Å². The average molecular weight is 424 g/mol. The van der Waals surface area contributed by atoms with E-state index in [-0.39, 0.29) is 24.3 Å². The standard InChI is InChI=1S/C19H29N5O4S/c1-22-8-10-23(11-9-22)19(26)15-5-6-17(20-12-15)16-4-3-7-24(14-16)18(25)13-21-29(2,27)28/h5-6,12,16,21H,3-4,7-11,13-14H2,1-2H3/t16-/m1/s1. The Hall–Kier alpha value is -2.04. The number of amides is 2. The minimum Gasteiger partial charge on any atom is -0.341 e. The topological polar surface area (TPSA) is 103 Å². The largest absolute Gasteiger partial charge is 0.341 e. The molecule has 0 aliphatic carbocycles. The fourth-order valence-corrected chi connectivity index (χ4v) is 4.10. The highest BCUT2D eigenvalue weighted by atomic mass is 32.2. The first-order valence-corrected chi connectivity index (χ1v) is 11.8. The van der Waals surface area contributed by atoms with Crippen molar-refractivity contribution in [1.29, 1.82) is 0 Å². The second-order valence-corrected chi connectivity index (χ2v) is 9.67. The molecule has 0 bridgehead atoms. The summed E-state index contributed by atoms with van der Waals surface area (Å²) in [6.45, 7) is 4.08. The summed E-state index contributed by atoms with van der Waals surface area (Å²) < 4.78 is 24.6. The van der Waals surface area contributed by atoms with Crippen molar-refractivity contribution < 1.29 is 18.0 Å². The van der Waals surface area contributed by atoms with Gasteiger partial charge in [0.2, 0.25) is 15.9 Å². The highest BCUT2D eigenvalue weighted by Crippen LogP contribution is 2.25. The lowest BCUT2D eigenvalue weighted by molar-refractivity contribution is -0.131. The van der Waals surface area contributed by atoms with E-state index in [2.05, 4.69) is 14.6 Å². The van der Waals surface area contributed by atoms with E-state index >= 15 is 0 Å². The molecule has 0 spiro atoms. The second kappa shape index (κ2) is 9.19. The van der Waals surface area contributed by atoms with Crippen LogP contribution in [0.15, 0.2) is 18.3 Å². The molecular formula is C19H29N5O4S. The lowest BCUT2D eigenvalue weighted by Crippen LogP contribution is -2.47. The van der Waals surface area contributed by atoms with E-state index < -0.39 is 10.0 Å². The monoisotopic (exact) mass is 423 g/mol. The van der Waals surface area contributed by atoms with Gasteiger partial charge in [0.25, 0.3) is 5.91 Å². The molecule has 2 saturated heterocycles. The number of sulfonamides is 1. The molecule has 2 aliphatic heterocycles. The summed E-state index contributed by atoms with van der Waals surface area (Å²) in [5, 5.41) is 0. The average Bonchev–Trinajstić information content (AvgIpc) is 2.72. The zero-order chi connectivity index (χ0) is 21.0. The first-order valence-electron chi connectivity index (χ1n) is 9.89. The van der Waals surface area contributed by atoms with E-state index in [9.17, 15) is 18.0 Å². The highest BCUT2D eigenvalue weighted by Gasteiger charge is 2.26. The molecule has 0 radical (unpaired) electrons. The van der Waals surface area contributed by atoms with Crippen molar-refractivity contribution in [3.05, 3.63) is 29.6 Å². The highest BCUT2D eigenvalue weighted by molar-refractivity contribution is 7.88. The molecule has 2 fully saturated rings. The molecule has 9 nitrogen and oxygen atoms in total. The third-order valence-corrected chi connectivity index (χ3v) is 6.17. The fraction of sp³-hybridized carbons (Fsp3) is 0.632. The number of nitrogens with zero attached hydrogens (tertiary/aromatic N) is 4. The molecule has 0 saturated carbocycles. The molecule has 29 heavy (non-hydrogen) atoms. The van der Waals surface area contributed by atoms with E-state index in [0.29, 0.717) is 18.7 Å². The molecule has 3 rings (SSSR count). The van der Waals surface area contributed by atoms with E-state index in [1.807, 2.05) is 24.1 Å². The minimum absolute atomic E-state index is 0.00412. The molecule has 2 aliphatic rings. The van der Waals surface area contributed by atoms with Crippen LogP contribution < -0.4 is 4.72 Å². The van der Waals surface area contributed by atoms with Gasteiger partial charge in [-0.3, -0.25) is 14.6 Å². The van der Waals surface area contributed by atoms with Gasteiger partial charge in [0.05, 0.1) is 18.4 Å². The van der Waals surface area contributed by atoms with Crippen molar-refractivity contribution in [3.63, 3.8) is 0 Å². The van der Waals surface area contributed by atoms with E-state index in [1.165, 1.54) is 0 Å². The number of nitrogens with one attached hydrogen (secondary N) is 1. The number of carbonyl (C=O) groups excluding carboxylic acids is 2. The Balaban J connectivity index is 1.59. The molecule has 1 aromatic heterocycles. The van der Waals surface area contributed by atoms with Crippen LogP contribution in [0.3, 0.4) is 0 Å². The number of likely N-dealkylation sites (tertiary alicyclic amines) is 1. The summed E-state index contributed by atoms with van der Waals surface area (Å²) in [7, 11) is -1.35. The van der Waals surface area contributed by atoms with Gasteiger partial charge in [0, 0.05) is 57.1 Å². The summed E-state index contributed by atoms with van der Waals surface area (Å²) in [4.78, 5) is 35.2. The predicted octanol–water partition coefficient (Wildman–Crippen LogP) is -0.276. The number of aromatic nitrogens is 1. The van der Waals surface area contributed by atoms with Crippen molar-refractivity contribution in [3.8, 4) is 0 Å². The molecule has 3 heterocycles. The molecule has 1 N–H and O–H groups in total. The Labute approximate surface area is 172 Å². The number of hydrogen-bond donors (Lipinski definition) is 1. The molecule has 0 unspecified atom stereocenters. The van der Waals surface area contributed by atoms with Crippen LogP contribution in [0, 0.1) is 0 Å². The molecule has 1 atom stereocenters. The molecule has 160 valence electrons. The fourth-order valence-electron chi connectivity index (χ4n) is 3.72. The summed E-state index contributed by atoms with van der Waals surface area (Å²) in [6, 6.07) is 3.69. The van der Waals surface area contributed by atoms with Gasteiger partial charge in [-0.25, -0.2) is 13.1 Å². The number of carbonyl (C=O) groups is 2. The molecule has 2 amide bonds. The van der Waals surface area contributed by atoms with Crippen molar-refractivity contribution in [2.24, 2.45) is 0 Å². The van der Waals surface area contributed by atoms with Gasteiger partial charge in [0.1, 0.15) is 0 Å². The van der Waals surface area contributed by atoms with Crippen LogP contribution in [0.4, 0.5) is 0 Å². The Kier molecular flexibility index (Phi) is 6.86. The smallest absolute Gasteiger partial charge is 0.255 e. The molecule has 10 heteroatoms. The maximum Gasteiger partial charge on any atom is 0.255 e. The minimum atomic E-state index is -3.40. The van der Waals surface area contributed by atoms with Gasteiger partial charge in [-0.1, -0.05) is 0 Å². The SMILES string of the molecule is CN1CCN(C(=O)c2ccc([C@@H]3CCCN(C(=O)CNS(C)(=O)=O)C3)nc2)CC1. The summed E-state index contributed by atoms with van der Waals surface area (Å²) in [5.74, 6) is -0.148.